The van der Waals surface area contributed by atoms with E-state index in [2.05, 4.69) is 33.5 Å². The number of benzene rings is 2. The lowest BCUT2D eigenvalue weighted by Crippen LogP contribution is -2.35. The number of hydrogen-bond donors (Lipinski definition) is 2. The van der Waals surface area contributed by atoms with Crippen molar-refractivity contribution in [2.75, 3.05) is 26.0 Å². The predicted octanol–water partition coefficient (Wildman–Crippen LogP) is 4.46. The SMILES string of the molecule is CCCCOc1ccc(Br)cc1C(=O)NC(=S)Nc1ccccc1C(=O)N(C)C. The van der Waals surface area contributed by atoms with Gasteiger partial charge in [-0.1, -0.05) is 41.4 Å². The summed E-state index contributed by atoms with van der Waals surface area (Å²) in [6.07, 6.45) is 1.89. The van der Waals surface area contributed by atoms with Crippen molar-refractivity contribution in [3.63, 3.8) is 0 Å². The maximum absolute atomic E-state index is 12.8. The van der Waals surface area contributed by atoms with Crippen molar-refractivity contribution in [2.45, 2.75) is 19.8 Å². The molecule has 154 valence electrons. The lowest BCUT2D eigenvalue weighted by atomic mass is 10.1. The van der Waals surface area contributed by atoms with Crippen LogP contribution in [-0.2, 0) is 0 Å². The van der Waals surface area contributed by atoms with Crippen LogP contribution in [0.3, 0.4) is 0 Å². The summed E-state index contributed by atoms with van der Waals surface area (Å²) in [6, 6.07) is 12.2. The number of unbranched alkanes of at least 4 members (excludes halogenated alkanes) is 1. The first-order valence-electron chi connectivity index (χ1n) is 9.18. The summed E-state index contributed by atoms with van der Waals surface area (Å²) in [5.41, 5.74) is 1.35. The molecule has 29 heavy (non-hydrogen) atoms. The second-order valence-corrected chi connectivity index (χ2v) is 7.82. The summed E-state index contributed by atoms with van der Waals surface area (Å²) in [4.78, 5) is 26.6. The first kappa shape index (κ1) is 22.8. The van der Waals surface area contributed by atoms with Gasteiger partial charge in [-0.3, -0.25) is 14.9 Å². The molecule has 2 aromatic carbocycles. The second kappa shape index (κ2) is 10.9. The Morgan fingerprint density at radius 1 is 1.14 bits per heavy atom. The molecule has 8 heteroatoms. The fraction of sp³-hybridized carbons (Fsp3) is 0.286. The standard InChI is InChI=1S/C21H24BrN3O3S/c1-4-5-12-28-18-11-10-14(22)13-16(18)19(26)24-21(29)23-17-9-7-6-8-15(17)20(27)25(2)3/h6-11,13H,4-5,12H2,1-3H3,(H2,23,24,26,29). The molecule has 0 aliphatic rings. The van der Waals surface area contributed by atoms with Crippen molar-refractivity contribution in [1.29, 1.82) is 0 Å². The molecule has 0 saturated carbocycles. The van der Waals surface area contributed by atoms with E-state index in [1.807, 2.05) is 6.07 Å². The first-order valence-corrected chi connectivity index (χ1v) is 10.4. The van der Waals surface area contributed by atoms with Crippen LogP contribution in [-0.4, -0.2) is 42.5 Å². The quantitative estimate of drug-likeness (QED) is 0.455. The van der Waals surface area contributed by atoms with Gasteiger partial charge in [0.25, 0.3) is 11.8 Å². The average molecular weight is 478 g/mol. The van der Waals surface area contributed by atoms with Gasteiger partial charge >= 0.3 is 0 Å². The zero-order chi connectivity index (χ0) is 21.4. The molecule has 0 aliphatic carbocycles. The highest BCUT2D eigenvalue weighted by Crippen LogP contribution is 2.24. The molecule has 2 rings (SSSR count). The van der Waals surface area contributed by atoms with Crippen molar-refractivity contribution in [3.8, 4) is 5.75 Å². The monoisotopic (exact) mass is 477 g/mol. The summed E-state index contributed by atoms with van der Waals surface area (Å²) in [7, 11) is 3.35. The molecule has 6 nitrogen and oxygen atoms in total. The number of ether oxygens (including phenoxy) is 1. The number of thiocarbonyl (C=S) groups is 1. The minimum absolute atomic E-state index is 0.0912. The summed E-state index contributed by atoms with van der Waals surface area (Å²) in [6.45, 7) is 2.60. The van der Waals surface area contributed by atoms with Crippen LogP contribution < -0.4 is 15.4 Å². The van der Waals surface area contributed by atoms with Gasteiger partial charge in [-0.05, 0) is 49.0 Å². The Bertz CT molecular complexity index is 902. The third-order valence-electron chi connectivity index (χ3n) is 3.98. The van der Waals surface area contributed by atoms with E-state index in [9.17, 15) is 9.59 Å². The number of carbonyl (C=O) groups is 2. The molecule has 0 bridgehead atoms. The number of amides is 2. The van der Waals surface area contributed by atoms with Crippen LogP contribution in [0, 0.1) is 0 Å². The van der Waals surface area contributed by atoms with Crippen LogP contribution in [0.5, 0.6) is 5.75 Å². The van der Waals surface area contributed by atoms with E-state index in [0.717, 1.165) is 17.3 Å². The van der Waals surface area contributed by atoms with E-state index in [1.165, 1.54) is 4.90 Å². The Balaban J connectivity index is 2.14. The Morgan fingerprint density at radius 3 is 2.55 bits per heavy atom. The van der Waals surface area contributed by atoms with E-state index in [0.29, 0.717) is 29.2 Å². The topological polar surface area (TPSA) is 70.7 Å². The van der Waals surface area contributed by atoms with E-state index in [1.54, 1.807) is 50.5 Å². The van der Waals surface area contributed by atoms with Gasteiger partial charge in [0.15, 0.2) is 5.11 Å². The summed E-state index contributed by atoms with van der Waals surface area (Å²) < 4.78 is 6.49. The van der Waals surface area contributed by atoms with Gasteiger partial charge in [-0.2, -0.15) is 0 Å². The molecule has 0 radical (unpaired) electrons. The number of carbonyl (C=O) groups excluding carboxylic acids is 2. The lowest BCUT2D eigenvalue weighted by Gasteiger charge is -2.16. The van der Waals surface area contributed by atoms with Crippen molar-refractivity contribution < 1.29 is 14.3 Å². The molecule has 2 N–H and O–H groups in total. The molecule has 2 amide bonds. The highest BCUT2D eigenvalue weighted by Gasteiger charge is 2.17. The van der Waals surface area contributed by atoms with E-state index >= 15 is 0 Å². The summed E-state index contributed by atoms with van der Waals surface area (Å²) in [5.74, 6) is -0.0716. The normalized spacial score (nSPS) is 10.2. The van der Waals surface area contributed by atoms with Gasteiger partial charge in [0, 0.05) is 18.6 Å². The number of para-hydroxylation sites is 1. The van der Waals surface area contributed by atoms with Crippen LogP contribution in [0.1, 0.15) is 40.5 Å². The third kappa shape index (κ3) is 6.54. The number of anilines is 1. The number of nitrogens with one attached hydrogen (secondary N) is 2. The molecule has 2 aromatic rings. The van der Waals surface area contributed by atoms with Gasteiger partial charge in [0.05, 0.1) is 23.4 Å². The average Bonchev–Trinajstić information content (AvgIpc) is 2.68. The Hall–Kier alpha value is -2.45. The lowest BCUT2D eigenvalue weighted by molar-refractivity contribution is 0.0828. The van der Waals surface area contributed by atoms with Gasteiger partial charge in [-0.25, -0.2) is 0 Å². The number of nitrogens with zero attached hydrogens (tertiary/aromatic N) is 1. The molecule has 0 unspecified atom stereocenters. The van der Waals surface area contributed by atoms with Gasteiger partial charge in [-0.15, -0.1) is 0 Å². The van der Waals surface area contributed by atoms with Crippen molar-refractivity contribution in [1.82, 2.24) is 10.2 Å². The van der Waals surface area contributed by atoms with E-state index in [-0.39, 0.29) is 11.0 Å². The maximum atomic E-state index is 12.8. The Kier molecular flexibility index (Phi) is 8.60. The third-order valence-corrected chi connectivity index (χ3v) is 4.68. The van der Waals surface area contributed by atoms with Crippen molar-refractivity contribution >= 4 is 50.8 Å². The second-order valence-electron chi connectivity index (χ2n) is 6.50. The molecule has 0 heterocycles. The zero-order valence-electron chi connectivity index (χ0n) is 16.6. The van der Waals surface area contributed by atoms with Crippen LogP contribution in [0.4, 0.5) is 5.69 Å². The fourth-order valence-corrected chi connectivity index (χ4v) is 3.04. The van der Waals surface area contributed by atoms with Gasteiger partial charge in [0.1, 0.15) is 5.75 Å². The van der Waals surface area contributed by atoms with Crippen LogP contribution in [0.15, 0.2) is 46.9 Å². The molecule has 0 spiro atoms. The first-order chi connectivity index (χ1) is 13.8. The number of rotatable bonds is 7. The van der Waals surface area contributed by atoms with Crippen molar-refractivity contribution in [2.24, 2.45) is 0 Å². The number of halogens is 1. The highest BCUT2D eigenvalue weighted by atomic mass is 79.9. The largest absolute Gasteiger partial charge is 0.493 e. The van der Waals surface area contributed by atoms with E-state index < -0.39 is 5.91 Å². The zero-order valence-corrected chi connectivity index (χ0v) is 19.0. The molecule has 0 fully saturated rings. The number of hydrogen-bond acceptors (Lipinski definition) is 4. The summed E-state index contributed by atoms with van der Waals surface area (Å²) >= 11 is 8.67. The van der Waals surface area contributed by atoms with Gasteiger partial charge in [0.2, 0.25) is 0 Å². The van der Waals surface area contributed by atoms with Gasteiger partial charge < -0.3 is 15.0 Å². The summed E-state index contributed by atoms with van der Waals surface area (Å²) in [5, 5.41) is 5.68. The molecular weight excluding hydrogens is 454 g/mol. The molecule has 0 aliphatic heterocycles. The minimum Gasteiger partial charge on any atom is -0.493 e. The van der Waals surface area contributed by atoms with Crippen molar-refractivity contribution in [3.05, 3.63) is 58.1 Å². The Morgan fingerprint density at radius 2 is 1.86 bits per heavy atom. The fourth-order valence-electron chi connectivity index (χ4n) is 2.48. The molecular formula is C21H24BrN3O3S. The minimum atomic E-state index is -0.397. The van der Waals surface area contributed by atoms with Crippen LogP contribution >= 0.6 is 28.1 Å². The molecule has 0 atom stereocenters. The predicted molar refractivity (Wildman–Crippen MR) is 123 cm³/mol. The maximum Gasteiger partial charge on any atom is 0.261 e. The smallest absolute Gasteiger partial charge is 0.261 e. The van der Waals surface area contributed by atoms with Crippen LogP contribution in [0.25, 0.3) is 0 Å². The Labute approximate surface area is 184 Å². The van der Waals surface area contributed by atoms with E-state index in [4.69, 9.17) is 17.0 Å². The van der Waals surface area contributed by atoms with Crippen LogP contribution in [0.2, 0.25) is 0 Å². The molecule has 0 saturated heterocycles. The molecule has 0 aromatic heterocycles. The highest BCUT2D eigenvalue weighted by molar-refractivity contribution is 9.10.